The van der Waals surface area contributed by atoms with Gasteiger partial charge in [0.1, 0.15) is 15.9 Å². The molecule has 4 aromatic carbocycles. The zero-order valence-electron chi connectivity index (χ0n) is 18.4. The van der Waals surface area contributed by atoms with E-state index in [0.717, 1.165) is 11.0 Å². The van der Waals surface area contributed by atoms with Gasteiger partial charge in [0.05, 0.1) is 0 Å². The Kier molecular flexibility index (Phi) is 6.63. The predicted molar refractivity (Wildman–Crippen MR) is 137 cm³/mol. The fourth-order valence-corrected chi connectivity index (χ4v) is 8.57. The van der Waals surface area contributed by atoms with Crippen molar-refractivity contribution in [2.45, 2.75) is 13.8 Å². The van der Waals surface area contributed by atoms with Crippen LogP contribution >= 0.6 is 7.26 Å². The lowest BCUT2D eigenvalue weighted by atomic mass is 10.2. The van der Waals surface area contributed by atoms with E-state index in [2.05, 4.69) is 92.0 Å². The smallest absolute Gasteiger partial charge is 0.258 e. The summed E-state index contributed by atoms with van der Waals surface area (Å²) in [7, 11) is -2.35. The molecule has 0 atom stereocenters. The molecular weight excluding hydrogens is 409 g/mol. The zero-order valence-corrected chi connectivity index (χ0v) is 19.3. The fraction of sp³-hybridized carbons (Fsp3) is 0.0690. The first-order valence-corrected chi connectivity index (χ1v) is 12.5. The molecule has 1 amide bonds. The molecule has 0 spiro atoms. The van der Waals surface area contributed by atoms with Gasteiger partial charge in [0.2, 0.25) is 0 Å². The van der Waals surface area contributed by atoms with Gasteiger partial charge in [-0.15, -0.1) is 0 Å². The van der Waals surface area contributed by atoms with Crippen molar-refractivity contribution in [3.05, 3.63) is 138 Å². The molecule has 0 aliphatic carbocycles. The maximum absolute atomic E-state index is 13.4. The molecule has 0 aliphatic heterocycles. The Morgan fingerprint density at radius 1 is 0.562 bits per heavy atom. The molecule has 158 valence electrons. The number of nitrogens with one attached hydrogen (secondary N) is 1. The Morgan fingerprint density at radius 2 is 0.906 bits per heavy atom. The van der Waals surface area contributed by atoms with Crippen molar-refractivity contribution in [1.29, 1.82) is 0 Å². The molecule has 2 nitrogen and oxygen atoms in total. The van der Waals surface area contributed by atoms with E-state index >= 15 is 0 Å². The molecule has 1 N–H and O–H groups in total. The van der Waals surface area contributed by atoms with Gasteiger partial charge in [-0.05, 0) is 68.0 Å². The normalized spacial score (nSPS) is 10.9. The van der Waals surface area contributed by atoms with Crippen molar-refractivity contribution in [3.8, 4) is 0 Å². The van der Waals surface area contributed by atoms with Crippen LogP contribution in [-0.4, -0.2) is 5.91 Å². The number of amides is 1. The SMILES string of the molecule is CC(C)=C(NC(=O)c1ccccc1)[P+](c1ccccc1)(c1ccccc1)c1ccccc1. The van der Waals surface area contributed by atoms with Gasteiger partial charge in [0, 0.05) is 5.56 Å². The Morgan fingerprint density at radius 3 is 1.25 bits per heavy atom. The van der Waals surface area contributed by atoms with E-state index in [0.29, 0.717) is 5.56 Å². The number of carbonyl (C=O) groups excluding carboxylic acids is 1. The number of rotatable bonds is 6. The summed E-state index contributed by atoms with van der Waals surface area (Å²) >= 11 is 0. The van der Waals surface area contributed by atoms with Crippen LogP contribution in [0.25, 0.3) is 0 Å². The van der Waals surface area contributed by atoms with Crippen LogP contribution in [0.2, 0.25) is 0 Å². The van der Waals surface area contributed by atoms with Crippen molar-refractivity contribution in [2.24, 2.45) is 0 Å². The number of hydrogen-bond acceptors (Lipinski definition) is 1. The molecule has 0 aromatic heterocycles. The molecule has 0 heterocycles. The minimum atomic E-state index is -2.35. The summed E-state index contributed by atoms with van der Waals surface area (Å²) < 4.78 is 0. The van der Waals surface area contributed by atoms with Gasteiger partial charge in [0.15, 0.2) is 12.7 Å². The minimum Gasteiger partial charge on any atom is -0.292 e. The maximum Gasteiger partial charge on any atom is 0.258 e. The van der Waals surface area contributed by atoms with E-state index < -0.39 is 7.26 Å². The third-order valence-corrected chi connectivity index (χ3v) is 9.96. The highest BCUT2D eigenvalue weighted by Crippen LogP contribution is 2.62. The third kappa shape index (κ3) is 4.15. The molecule has 0 fully saturated rings. The predicted octanol–water partition coefficient (Wildman–Crippen LogP) is 5.66. The van der Waals surface area contributed by atoms with Crippen LogP contribution in [0.5, 0.6) is 0 Å². The Bertz CT molecular complexity index is 1100. The summed E-state index contributed by atoms with van der Waals surface area (Å²) in [5.74, 6) is -0.0889. The van der Waals surface area contributed by atoms with Crippen LogP contribution in [0.15, 0.2) is 132 Å². The summed E-state index contributed by atoms with van der Waals surface area (Å²) in [6.07, 6.45) is 0. The van der Waals surface area contributed by atoms with Crippen LogP contribution in [0.1, 0.15) is 24.2 Å². The molecule has 0 bridgehead atoms. The van der Waals surface area contributed by atoms with Gasteiger partial charge in [-0.25, -0.2) is 0 Å². The average Bonchev–Trinajstić information content (AvgIpc) is 2.86. The van der Waals surface area contributed by atoms with Crippen LogP contribution < -0.4 is 21.2 Å². The number of hydrogen-bond donors (Lipinski definition) is 1. The first-order chi connectivity index (χ1) is 15.6. The molecule has 0 unspecified atom stereocenters. The van der Waals surface area contributed by atoms with Crippen LogP contribution in [0, 0.1) is 0 Å². The van der Waals surface area contributed by atoms with E-state index in [1.54, 1.807) is 0 Å². The van der Waals surface area contributed by atoms with Crippen LogP contribution in [0.4, 0.5) is 0 Å². The Balaban J connectivity index is 2.01. The van der Waals surface area contributed by atoms with Gasteiger partial charge in [-0.2, -0.15) is 0 Å². The highest BCUT2D eigenvalue weighted by Gasteiger charge is 2.51. The van der Waals surface area contributed by atoms with E-state index in [-0.39, 0.29) is 5.91 Å². The highest BCUT2D eigenvalue weighted by molar-refractivity contribution is 7.99. The molecule has 0 saturated carbocycles. The van der Waals surface area contributed by atoms with Crippen LogP contribution in [-0.2, 0) is 0 Å². The molecule has 4 rings (SSSR count). The first kappa shape index (κ1) is 21.7. The second-order valence-electron chi connectivity index (χ2n) is 7.85. The van der Waals surface area contributed by atoms with Crippen molar-refractivity contribution in [2.75, 3.05) is 0 Å². The largest absolute Gasteiger partial charge is 0.292 e. The lowest BCUT2D eigenvalue weighted by molar-refractivity contribution is 0.0968. The molecule has 3 heteroatoms. The van der Waals surface area contributed by atoms with Crippen molar-refractivity contribution in [3.63, 3.8) is 0 Å². The minimum absolute atomic E-state index is 0.0889. The average molecular weight is 437 g/mol. The summed E-state index contributed by atoms with van der Waals surface area (Å²) in [5, 5.41) is 6.99. The number of carbonyl (C=O) groups is 1. The third-order valence-electron chi connectivity index (χ3n) is 5.51. The summed E-state index contributed by atoms with van der Waals surface area (Å²) in [5.41, 5.74) is 2.73. The fourth-order valence-electron chi connectivity index (χ4n) is 4.10. The maximum atomic E-state index is 13.4. The monoisotopic (exact) mass is 436 g/mol. The lowest BCUT2D eigenvalue weighted by Gasteiger charge is -2.30. The Labute approximate surface area is 191 Å². The standard InChI is InChI=1S/C29H26NOP/c1-23(2)29(30-28(31)24-15-7-3-8-16-24)32(25-17-9-4-10-18-25,26-19-11-5-12-20-26)27-21-13-6-14-22-27/h3-22H,1-2H3/p+1. The molecular formula is C29H27NOP+. The van der Waals surface area contributed by atoms with Crippen molar-refractivity contribution in [1.82, 2.24) is 5.32 Å². The van der Waals surface area contributed by atoms with Gasteiger partial charge in [-0.1, -0.05) is 72.8 Å². The molecule has 0 radical (unpaired) electrons. The van der Waals surface area contributed by atoms with Crippen LogP contribution in [0.3, 0.4) is 0 Å². The topological polar surface area (TPSA) is 29.1 Å². The molecule has 0 saturated heterocycles. The van der Waals surface area contributed by atoms with Gasteiger partial charge in [-0.3, -0.25) is 10.1 Å². The van der Waals surface area contributed by atoms with Crippen molar-refractivity contribution >= 4 is 29.1 Å². The van der Waals surface area contributed by atoms with E-state index in [4.69, 9.17) is 0 Å². The first-order valence-electron chi connectivity index (χ1n) is 10.7. The lowest BCUT2D eigenvalue weighted by Crippen LogP contribution is -2.38. The number of benzene rings is 4. The zero-order chi connectivity index (χ0) is 22.4. The number of allylic oxidation sites excluding steroid dienone is 1. The summed E-state index contributed by atoms with van der Waals surface area (Å²) in [6, 6.07) is 41.1. The van der Waals surface area contributed by atoms with Gasteiger partial charge >= 0.3 is 0 Å². The molecule has 32 heavy (non-hydrogen) atoms. The quantitative estimate of drug-likeness (QED) is 0.388. The highest BCUT2D eigenvalue weighted by atomic mass is 31.2. The summed E-state index contributed by atoms with van der Waals surface area (Å²) in [4.78, 5) is 13.4. The van der Waals surface area contributed by atoms with E-state index in [1.807, 2.05) is 48.5 Å². The molecule has 0 aliphatic rings. The van der Waals surface area contributed by atoms with Gasteiger partial charge < -0.3 is 0 Å². The summed E-state index contributed by atoms with van der Waals surface area (Å²) in [6.45, 7) is 4.17. The second-order valence-corrected chi connectivity index (χ2v) is 11.2. The molecule has 4 aromatic rings. The van der Waals surface area contributed by atoms with E-state index in [1.165, 1.54) is 15.9 Å². The van der Waals surface area contributed by atoms with Crippen molar-refractivity contribution < 1.29 is 4.79 Å². The second kappa shape index (κ2) is 9.77. The Hall–Kier alpha value is -3.48. The van der Waals surface area contributed by atoms with E-state index in [9.17, 15) is 4.79 Å². The van der Waals surface area contributed by atoms with Gasteiger partial charge in [0.25, 0.3) is 5.91 Å².